The smallest absolute Gasteiger partial charge is 0.328 e. The van der Waals surface area contributed by atoms with E-state index in [4.69, 9.17) is 5.11 Å². The van der Waals surface area contributed by atoms with Crippen molar-refractivity contribution in [3.05, 3.63) is 48.3 Å². The predicted molar refractivity (Wildman–Crippen MR) is 60.7 cm³/mol. The first kappa shape index (κ1) is 10.2. The van der Waals surface area contributed by atoms with E-state index in [1.807, 2.05) is 30.3 Å². The number of nitrogens with one attached hydrogen (secondary N) is 1. The number of nitrogens with zero attached hydrogens (tertiary/aromatic N) is 1. The summed E-state index contributed by atoms with van der Waals surface area (Å²) in [4.78, 5) is 17.5. The predicted octanol–water partition coefficient (Wildman–Crippen LogP) is 2.17. The molecule has 0 aliphatic carbocycles. The monoisotopic (exact) mass is 214 g/mol. The molecule has 0 saturated carbocycles. The molecule has 0 bridgehead atoms. The lowest BCUT2D eigenvalue weighted by Gasteiger charge is -1.93. The van der Waals surface area contributed by atoms with Crippen LogP contribution >= 0.6 is 0 Å². The molecule has 0 spiro atoms. The average Bonchev–Trinajstić information content (AvgIpc) is 2.76. The fourth-order valence-electron chi connectivity index (χ4n) is 1.32. The Bertz CT molecular complexity index is 515. The zero-order valence-electron chi connectivity index (χ0n) is 8.42. The minimum Gasteiger partial charge on any atom is -0.478 e. The van der Waals surface area contributed by atoms with E-state index in [-0.39, 0.29) is 0 Å². The van der Waals surface area contributed by atoms with Gasteiger partial charge in [0, 0.05) is 11.6 Å². The number of carboxylic acids is 1. The molecule has 1 heterocycles. The minimum absolute atomic E-state index is 0.668. The lowest BCUT2D eigenvalue weighted by atomic mass is 10.2. The maximum Gasteiger partial charge on any atom is 0.328 e. The Hall–Kier alpha value is -2.36. The van der Waals surface area contributed by atoms with E-state index in [0.717, 1.165) is 17.5 Å². The summed E-state index contributed by atoms with van der Waals surface area (Å²) in [6.45, 7) is 0. The van der Waals surface area contributed by atoms with E-state index >= 15 is 0 Å². The number of carbonyl (C=O) groups is 1. The Morgan fingerprint density at radius 2 is 2.06 bits per heavy atom. The van der Waals surface area contributed by atoms with Crippen molar-refractivity contribution >= 4 is 12.0 Å². The van der Waals surface area contributed by atoms with Gasteiger partial charge in [-0.05, 0) is 6.08 Å². The lowest BCUT2D eigenvalue weighted by Crippen LogP contribution is -1.85. The van der Waals surface area contributed by atoms with Gasteiger partial charge in [0.2, 0.25) is 0 Å². The molecule has 0 aliphatic heterocycles. The van der Waals surface area contributed by atoms with Crippen LogP contribution < -0.4 is 0 Å². The van der Waals surface area contributed by atoms with Crippen LogP contribution in [0.1, 0.15) is 5.69 Å². The summed E-state index contributed by atoms with van der Waals surface area (Å²) < 4.78 is 0. The van der Waals surface area contributed by atoms with Crippen LogP contribution in [0.5, 0.6) is 0 Å². The van der Waals surface area contributed by atoms with Gasteiger partial charge >= 0.3 is 5.97 Å². The molecule has 0 radical (unpaired) electrons. The molecule has 4 heteroatoms. The van der Waals surface area contributed by atoms with Crippen LogP contribution in [0.2, 0.25) is 0 Å². The normalized spacial score (nSPS) is 10.8. The average molecular weight is 214 g/mol. The topological polar surface area (TPSA) is 66.0 Å². The van der Waals surface area contributed by atoms with Gasteiger partial charge in [-0.25, -0.2) is 9.78 Å². The Morgan fingerprint density at radius 1 is 1.31 bits per heavy atom. The van der Waals surface area contributed by atoms with Crippen LogP contribution in [-0.4, -0.2) is 21.0 Å². The van der Waals surface area contributed by atoms with Gasteiger partial charge in [0.05, 0.1) is 11.9 Å². The van der Waals surface area contributed by atoms with Crippen molar-refractivity contribution in [1.82, 2.24) is 9.97 Å². The van der Waals surface area contributed by atoms with E-state index in [1.165, 1.54) is 6.08 Å². The summed E-state index contributed by atoms with van der Waals surface area (Å²) in [6.07, 6.45) is 4.14. The van der Waals surface area contributed by atoms with Gasteiger partial charge in [0.1, 0.15) is 5.82 Å². The second-order valence-corrected chi connectivity index (χ2v) is 3.22. The van der Waals surface area contributed by atoms with Gasteiger partial charge in [-0.15, -0.1) is 0 Å². The molecule has 2 N–H and O–H groups in total. The largest absolute Gasteiger partial charge is 0.478 e. The highest BCUT2D eigenvalue weighted by atomic mass is 16.4. The fourth-order valence-corrected chi connectivity index (χ4v) is 1.32. The third-order valence-corrected chi connectivity index (χ3v) is 2.05. The maximum absolute atomic E-state index is 10.3. The first-order valence-electron chi connectivity index (χ1n) is 4.77. The number of imidazole rings is 1. The fraction of sp³-hybridized carbons (Fsp3) is 0. The van der Waals surface area contributed by atoms with Gasteiger partial charge in [-0.3, -0.25) is 0 Å². The molecule has 80 valence electrons. The SMILES string of the molecule is O=C(O)C=Cc1cnc(-c2ccccc2)[nH]1. The number of aromatic amines is 1. The molecule has 16 heavy (non-hydrogen) atoms. The van der Waals surface area contributed by atoms with Crippen molar-refractivity contribution < 1.29 is 9.90 Å². The Kier molecular flexibility index (Phi) is 2.82. The molecule has 2 rings (SSSR count). The highest BCUT2D eigenvalue weighted by molar-refractivity contribution is 5.84. The molecular formula is C12H10N2O2. The lowest BCUT2D eigenvalue weighted by molar-refractivity contribution is -0.131. The molecule has 4 nitrogen and oxygen atoms in total. The summed E-state index contributed by atoms with van der Waals surface area (Å²) in [7, 11) is 0. The first-order valence-corrected chi connectivity index (χ1v) is 4.77. The van der Waals surface area contributed by atoms with E-state index in [9.17, 15) is 4.79 Å². The number of aromatic nitrogens is 2. The van der Waals surface area contributed by atoms with Gasteiger partial charge in [-0.1, -0.05) is 30.3 Å². The Labute approximate surface area is 92.3 Å². The van der Waals surface area contributed by atoms with E-state index < -0.39 is 5.97 Å². The maximum atomic E-state index is 10.3. The van der Waals surface area contributed by atoms with Crippen molar-refractivity contribution in [2.75, 3.05) is 0 Å². The van der Waals surface area contributed by atoms with Gasteiger partial charge < -0.3 is 10.1 Å². The van der Waals surface area contributed by atoms with Crippen molar-refractivity contribution in [2.45, 2.75) is 0 Å². The second kappa shape index (κ2) is 4.44. The second-order valence-electron chi connectivity index (χ2n) is 3.22. The number of carboxylic acid groups (broad SMARTS) is 1. The third-order valence-electron chi connectivity index (χ3n) is 2.05. The van der Waals surface area contributed by atoms with Crippen LogP contribution in [0.25, 0.3) is 17.5 Å². The van der Waals surface area contributed by atoms with Crippen LogP contribution in [-0.2, 0) is 4.79 Å². The van der Waals surface area contributed by atoms with Gasteiger partial charge in [0.15, 0.2) is 0 Å². The molecule has 0 saturated heterocycles. The summed E-state index contributed by atoms with van der Waals surface area (Å²) in [6, 6.07) is 9.64. The highest BCUT2D eigenvalue weighted by Crippen LogP contribution is 2.14. The zero-order chi connectivity index (χ0) is 11.4. The van der Waals surface area contributed by atoms with Gasteiger partial charge in [-0.2, -0.15) is 0 Å². The van der Waals surface area contributed by atoms with Crippen LogP contribution in [0.4, 0.5) is 0 Å². The molecule has 0 atom stereocenters. The summed E-state index contributed by atoms with van der Waals surface area (Å²) in [5, 5.41) is 8.48. The molecule has 2 aromatic rings. The van der Waals surface area contributed by atoms with Crippen LogP contribution in [0.15, 0.2) is 42.6 Å². The molecule has 0 aliphatic rings. The number of H-pyrrole nitrogens is 1. The highest BCUT2D eigenvalue weighted by Gasteiger charge is 2.00. The first-order chi connectivity index (χ1) is 7.75. The van der Waals surface area contributed by atoms with E-state index in [2.05, 4.69) is 9.97 Å². The van der Waals surface area contributed by atoms with Crippen LogP contribution in [0, 0.1) is 0 Å². The van der Waals surface area contributed by atoms with E-state index in [0.29, 0.717) is 5.69 Å². The number of aliphatic carboxylic acids is 1. The summed E-state index contributed by atoms with van der Waals surface area (Å²) in [5.41, 5.74) is 1.64. The molecule has 0 amide bonds. The van der Waals surface area contributed by atoms with Crippen molar-refractivity contribution in [1.29, 1.82) is 0 Å². The van der Waals surface area contributed by atoms with E-state index in [1.54, 1.807) is 6.20 Å². The number of rotatable bonds is 3. The quantitative estimate of drug-likeness (QED) is 0.769. The minimum atomic E-state index is -0.976. The number of benzene rings is 1. The number of hydrogen-bond acceptors (Lipinski definition) is 2. The third kappa shape index (κ3) is 2.36. The van der Waals surface area contributed by atoms with Crippen molar-refractivity contribution in [2.24, 2.45) is 0 Å². The molecule has 1 aromatic carbocycles. The van der Waals surface area contributed by atoms with Gasteiger partial charge in [0.25, 0.3) is 0 Å². The molecule has 0 unspecified atom stereocenters. The van der Waals surface area contributed by atoms with Crippen molar-refractivity contribution in [3.63, 3.8) is 0 Å². The van der Waals surface area contributed by atoms with Crippen molar-refractivity contribution in [3.8, 4) is 11.4 Å². The standard InChI is InChI=1S/C12H10N2O2/c15-11(16)7-6-10-8-13-12(14-10)9-4-2-1-3-5-9/h1-8H,(H,13,14)(H,15,16). The Balaban J connectivity index is 2.23. The molecule has 0 fully saturated rings. The molecular weight excluding hydrogens is 204 g/mol. The number of hydrogen-bond donors (Lipinski definition) is 2. The molecule has 1 aromatic heterocycles. The van der Waals surface area contributed by atoms with Crippen LogP contribution in [0.3, 0.4) is 0 Å². The summed E-state index contributed by atoms with van der Waals surface area (Å²) in [5.74, 6) is -0.249. The Morgan fingerprint density at radius 3 is 2.75 bits per heavy atom. The zero-order valence-corrected chi connectivity index (χ0v) is 8.42. The summed E-state index contributed by atoms with van der Waals surface area (Å²) >= 11 is 0.